The Hall–Kier alpha value is -2.22. The summed E-state index contributed by atoms with van der Waals surface area (Å²) in [5, 5.41) is 9.38. The first-order chi connectivity index (χ1) is 12.7. The number of thioether (sulfide) groups is 1. The molecule has 1 aliphatic rings. The van der Waals surface area contributed by atoms with Crippen molar-refractivity contribution in [3.8, 4) is 22.9 Å². The minimum atomic E-state index is 0.117. The van der Waals surface area contributed by atoms with E-state index in [0.717, 1.165) is 47.7 Å². The Bertz CT molecular complexity index is 774. The van der Waals surface area contributed by atoms with Gasteiger partial charge in [0.2, 0.25) is 5.91 Å². The molecule has 1 aliphatic heterocycles. The summed E-state index contributed by atoms with van der Waals surface area (Å²) in [6, 6.07) is 5.79. The van der Waals surface area contributed by atoms with E-state index in [1.807, 2.05) is 48.4 Å². The van der Waals surface area contributed by atoms with Gasteiger partial charge in [0.05, 0.1) is 5.75 Å². The van der Waals surface area contributed by atoms with Gasteiger partial charge in [-0.2, -0.15) is 0 Å². The molecular weight excluding hydrogens is 352 g/mol. The molecule has 3 rings (SSSR count). The van der Waals surface area contributed by atoms with E-state index < -0.39 is 0 Å². The van der Waals surface area contributed by atoms with Crippen molar-refractivity contribution in [3.05, 3.63) is 18.2 Å². The highest BCUT2D eigenvalue weighted by Gasteiger charge is 2.19. The van der Waals surface area contributed by atoms with Crippen molar-refractivity contribution in [2.24, 2.45) is 0 Å². The second-order valence-corrected chi connectivity index (χ2v) is 6.71. The molecule has 2 aromatic rings. The zero-order valence-electron chi connectivity index (χ0n) is 15.4. The second-order valence-electron chi connectivity index (χ2n) is 5.76. The molecule has 0 spiro atoms. The number of fused-ring (bicyclic) bond motifs is 1. The van der Waals surface area contributed by atoms with Gasteiger partial charge in [-0.05, 0) is 39.0 Å². The van der Waals surface area contributed by atoms with Crippen molar-refractivity contribution in [3.63, 3.8) is 0 Å². The highest BCUT2D eigenvalue weighted by Crippen LogP contribution is 2.34. The smallest absolute Gasteiger partial charge is 0.233 e. The zero-order valence-corrected chi connectivity index (χ0v) is 16.2. The maximum atomic E-state index is 12.2. The number of aromatic nitrogens is 3. The second kappa shape index (κ2) is 8.44. The quantitative estimate of drug-likeness (QED) is 0.692. The third kappa shape index (κ3) is 3.80. The van der Waals surface area contributed by atoms with Crippen LogP contribution in [0.3, 0.4) is 0 Å². The summed E-state index contributed by atoms with van der Waals surface area (Å²) in [6.45, 7) is 9.29. The van der Waals surface area contributed by atoms with Gasteiger partial charge in [0.25, 0.3) is 0 Å². The summed E-state index contributed by atoms with van der Waals surface area (Å²) in [6.07, 6.45) is 0. The highest BCUT2D eigenvalue weighted by molar-refractivity contribution is 7.99. The fourth-order valence-corrected chi connectivity index (χ4v) is 3.78. The normalized spacial score (nSPS) is 12.9. The van der Waals surface area contributed by atoms with E-state index in [1.165, 1.54) is 11.8 Å². The average molecular weight is 376 g/mol. The standard InChI is InChI=1S/C18H24N4O3S/c1-4-21(5-2)16(23)12-26-18-20-19-17(22(18)6-3)13-7-8-14-15(11-13)25-10-9-24-14/h7-8,11H,4-6,9-10,12H2,1-3H3. The maximum Gasteiger partial charge on any atom is 0.233 e. The van der Waals surface area contributed by atoms with Gasteiger partial charge < -0.3 is 18.9 Å². The number of carbonyl (C=O) groups is 1. The van der Waals surface area contributed by atoms with Crippen LogP contribution in [-0.2, 0) is 11.3 Å². The molecule has 1 aromatic carbocycles. The fourth-order valence-electron chi connectivity index (χ4n) is 2.87. The molecule has 0 radical (unpaired) electrons. The number of benzene rings is 1. The first-order valence-corrected chi connectivity index (χ1v) is 9.90. The Kier molecular flexibility index (Phi) is 6.03. The zero-order chi connectivity index (χ0) is 18.5. The molecular formula is C18H24N4O3S. The van der Waals surface area contributed by atoms with E-state index >= 15 is 0 Å². The molecule has 7 nitrogen and oxygen atoms in total. The lowest BCUT2D eigenvalue weighted by Crippen LogP contribution is -2.31. The number of ether oxygens (including phenoxy) is 2. The predicted octanol–water partition coefficient (Wildman–Crippen LogP) is 2.70. The van der Waals surface area contributed by atoms with Crippen molar-refractivity contribution in [2.45, 2.75) is 32.5 Å². The molecule has 0 bridgehead atoms. The van der Waals surface area contributed by atoms with Gasteiger partial charge in [-0.25, -0.2) is 0 Å². The summed E-state index contributed by atoms with van der Waals surface area (Å²) < 4.78 is 13.2. The molecule has 26 heavy (non-hydrogen) atoms. The Morgan fingerprint density at radius 2 is 1.88 bits per heavy atom. The van der Waals surface area contributed by atoms with Crippen LogP contribution in [0.25, 0.3) is 11.4 Å². The van der Waals surface area contributed by atoms with Crippen LogP contribution >= 0.6 is 11.8 Å². The summed E-state index contributed by atoms with van der Waals surface area (Å²) in [5.74, 6) is 2.72. The minimum absolute atomic E-state index is 0.117. The molecule has 0 saturated carbocycles. The Balaban J connectivity index is 1.79. The Morgan fingerprint density at radius 3 is 2.58 bits per heavy atom. The molecule has 1 amide bonds. The molecule has 8 heteroatoms. The summed E-state index contributed by atoms with van der Waals surface area (Å²) in [4.78, 5) is 14.1. The monoisotopic (exact) mass is 376 g/mol. The molecule has 0 unspecified atom stereocenters. The molecule has 140 valence electrons. The lowest BCUT2D eigenvalue weighted by Gasteiger charge is -2.19. The Labute approximate surface area is 157 Å². The molecule has 0 aliphatic carbocycles. The number of nitrogens with zero attached hydrogens (tertiary/aromatic N) is 4. The molecule has 0 saturated heterocycles. The van der Waals surface area contributed by atoms with Gasteiger partial charge in [-0.3, -0.25) is 4.79 Å². The summed E-state index contributed by atoms with van der Waals surface area (Å²) in [7, 11) is 0. The summed E-state index contributed by atoms with van der Waals surface area (Å²) >= 11 is 1.43. The van der Waals surface area contributed by atoms with Crippen LogP contribution in [0.15, 0.2) is 23.4 Å². The number of rotatable bonds is 7. The largest absolute Gasteiger partial charge is 0.486 e. The van der Waals surface area contributed by atoms with Crippen LogP contribution in [0.4, 0.5) is 0 Å². The molecule has 2 heterocycles. The lowest BCUT2D eigenvalue weighted by atomic mass is 10.2. The van der Waals surface area contributed by atoms with Crippen LogP contribution in [0.5, 0.6) is 11.5 Å². The first-order valence-electron chi connectivity index (χ1n) is 8.91. The van der Waals surface area contributed by atoms with Gasteiger partial charge in [0.1, 0.15) is 13.2 Å². The minimum Gasteiger partial charge on any atom is -0.486 e. The van der Waals surface area contributed by atoms with Crippen molar-refractivity contribution >= 4 is 17.7 Å². The number of carbonyl (C=O) groups excluding carboxylic acids is 1. The van der Waals surface area contributed by atoms with Crippen LogP contribution in [0.2, 0.25) is 0 Å². The molecule has 0 N–H and O–H groups in total. The molecule has 0 fully saturated rings. The Morgan fingerprint density at radius 1 is 1.15 bits per heavy atom. The van der Waals surface area contributed by atoms with Gasteiger partial charge in [-0.15, -0.1) is 10.2 Å². The highest BCUT2D eigenvalue weighted by atomic mass is 32.2. The fraction of sp³-hybridized carbons (Fsp3) is 0.500. The van der Waals surface area contributed by atoms with E-state index in [1.54, 1.807) is 0 Å². The molecule has 1 aromatic heterocycles. The van der Waals surface area contributed by atoms with E-state index in [9.17, 15) is 4.79 Å². The van der Waals surface area contributed by atoms with Crippen molar-refractivity contribution in [1.29, 1.82) is 0 Å². The third-order valence-corrected chi connectivity index (χ3v) is 5.23. The molecule has 0 atom stereocenters. The summed E-state index contributed by atoms with van der Waals surface area (Å²) in [5.41, 5.74) is 0.922. The SMILES string of the molecule is CCN(CC)C(=O)CSc1nnc(-c2ccc3c(c2)OCCO3)n1CC. The first kappa shape index (κ1) is 18.6. The average Bonchev–Trinajstić information content (AvgIpc) is 3.09. The van der Waals surface area contributed by atoms with E-state index in [0.29, 0.717) is 19.0 Å². The van der Waals surface area contributed by atoms with Crippen molar-refractivity contribution in [2.75, 3.05) is 32.1 Å². The van der Waals surface area contributed by atoms with Gasteiger partial charge in [0.15, 0.2) is 22.5 Å². The van der Waals surface area contributed by atoms with Crippen LogP contribution in [-0.4, -0.2) is 57.6 Å². The van der Waals surface area contributed by atoms with Gasteiger partial charge >= 0.3 is 0 Å². The van der Waals surface area contributed by atoms with Gasteiger partial charge in [-0.1, -0.05) is 11.8 Å². The van der Waals surface area contributed by atoms with Gasteiger partial charge in [0, 0.05) is 25.2 Å². The number of hydrogen-bond donors (Lipinski definition) is 0. The van der Waals surface area contributed by atoms with Crippen LogP contribution in [0.1, 0.15) is 20.8 Å². The lowest BCUT2D eigenvalue weighted by molar-refractivity contribution is -0.127. The topological polar surface area (TPSA) is 69.5 Å². The van der Waals surface area contributed by atoms with Crippen LogP contribution in [0, 0.1) is 0 Å². The van der Waals surface area contributed by atoms with Crippen LogP contribution < -0.4 is 9.47 Å². The predicted molar refractivity (Wildman–Crippen MR) is 101 cm³/mol. The maximum absolute atomic E-state index is 12.2. The van der Waals surface area contributed by atoms with Crippen molar-refractivity contribution < 1.29 is 14.3 Å². The number of hydrogen-bond acceptors (Lipinski definition) is 6. The van der Waals surface area contributed by atoms with E-state index in [2.05, 4.69) is 10.2 Å². The third-order valence-electron chi connectivity index (χ3n) is 4.27. The van der Waals surface area contributed by atoms with E-state index in [-0.39, 0.29) is 5.91 Å². The van der Waals surface area contributed by atoms with E-state index in [4.69, 9.17) is 9.47 Å². The van der Waals surface area contributed by atoms with Crippen molar-refractivity contribution in [1.82, 2.24) is 19.7 Å². The number of amides is 1.